The maximum atomic E-state index is 6.11. The molecule has 3 aromatic rings. The Morgan fingerprint density at radius 2 is 2.05 bits per heavy atom. The predicted octanol–water partition coefficient (Wildman–Crippen LogP) is 5.58. The van der Waals surface area contributed by atoms with Crippen molar-refractivity contribution in [1.29, 1.82) is 0 Å². The van der Waals surface area contributed by atoms with Gasteiger partial charge in [-0.2, -0.15) is 0 Å². The molecule has 5 heteroatoms. The Hall–Kier alpha value is -1.36. The number of hydrogen-bond donors (Lipinski definition) is 1. The molecule has 0 spiro atoms. The Bertz CT molecular complexity index is 689. The molecular formula is C14H11ClN2S2. The molecule has 2 aromatic heterocycles. The lowest BCUT2D eigenvalue weighted by Gasteiger charge is -2.07. The molecule has 19 heavy (non-hydrogen) atoms. The van der Waals surface area contributed by atoms with Crippen LogP contribution >= 0.6 is 34.3 Å². The van der Waals surface area contributed by atoms with E-state index in [9.17, 15) is 0 Å². The van der Waals surface area contributed by atoms with Gasteiger partial charge in [0.15, 0.2) is 5.13 Å². The van der Waals surface area contributed by atoms with Crippen molar-refractivity contribution in [3.05, 3.63) is 51.7 Å². The SMILES string of the molecule is Cc1c(Cl)cccc1Nc1nc(-c2cccs2)cs1. The quantitative estimate of drug-likeness (QED) is 0.683. The molecular weight excluding hydrogens is 296 g/mol. The third-order valence-electron chi connectivity index (χ3n) is 2.79. The number of hydrogen-bond acceptors (Lipinski definition) is 4. The Morgan fingerprint density at radius 3 is 2.84 bits per heavy atom. The average Bonchev–Trinajstić information content (AvgIpc) is 3.05. The molecule has 0 fully saturated rings. The summed E-state index contributed by atoms with van der Waals surface area (Å²) < 4.78 is 0. The molecule has 0 bridgehead atoms. The summed E-state index contributed by atoms with van der Waals surface area (Å²) in [4.78, 5) is 5.78. The molecule has 0 saturated heterocycles. The largest absolute Gasteiger partial charge is 0.331 e. The van der Waals surface area contributed by atoms with Crippen LogP contribution < -0.4 is 5.32 Å². The van der Waals surface area contributed by atoms with Crippen molar-refractivity contribution < 1.29 is 0 Å². The minimum Gasteiger partial charge on any atom is -0.331 e. The van der Waals surface area contributed by atoms with E-state index in [0.717, 1.165) is 27.1 Å². The standard InChI is InChI=1S/C14H11ClN2S2/c1-9-10(15)4-2-5-11(9)16-14-17-12(8-19-14)13-6-3-7-18-13/h2-8H,1H3,(H,16,17). The highest BCUT2D eigenvalue weighted by molar-refractivity contribution is 7.16. The highest BCUT2D eigenvalue weighted by Crippen LogP contribution is 2.31. The summed E-state index contributed by atoms with van der Waals surface area (Å²) in [7, 11) is 0. The molecule has 0 radical (unpaired) electrons. The van der Waals surface area contributed by atoms with Crippen LogP contribution in [0.15, 0.2) is 41.1 Å². The molecule has 0 unspecified atom stereocenters. The summed E-state index contributed by atoms with van der Waals surface area (Å²) >= 11 is 9.41. The monoisotopic (exact) mass is 306 g/mol. The number of aromatic nitrogens is 1. The molecule has 2 nitrogen and oxygen atoms in total. The normalized spacial score (nSPS) is 10.6. The lowest BCUT2D eigenvalue weighted by Crippen LogP contribution is -1.92. The molecule has 1 aromatic carbocycles. The number of thiophene rings is 1. The maximum absolute atomic E-state index is 6.11. The van der Waals surface area contributed by atoms with Gasteiger partial charge in [0.25, 0.3) is 0 Å². The first kappa shape index (κ1) is 12.7. The first-order chi connectivity index (χ1) is 9.24. The van der Waals surface area contributed by atoms with Crippen molar-refractivity contribution in [2.24, 2.45) is 0 Å². The van der Waals surface area contributed by atoms with Crippen molar-refractivity contribution in [3.8, 4) is 10.6 Å². The summed E-state index contributed by atoms with van der Waals surface area (Å²) in [5.74, 6) is 0. The van der Waals surface area contributed by atoms with Crippen LogP contribution in [0.25, 0.3) is 10.6 Å². The van der Waals surface area contributed by atoms with Gasteiger partial charge in [-0.3, -0.25) is 0 Å². The third kappa shape index (κ3) is 2.66. The number of nitrogens with one attached hydrogen (secondary N) is 1. The highest BCUT2D eigenvalue weighted by atomic mass is 35.5. The van der Waals surface area contributed by atoms with Crippen LogP contribution in [0.3, 0.4) is 0 Å². The fourth-order valence-electron chi connectivity index (χ4n) is 1.73. The fraction of sp³-hybridized carbons (Fsp3) is 0.0714. The van der Waals surface area contributed by atoms with Gasteiger partial charge in [0, 0.05) is 16.1 Å². The lowest BCUT2D eigenvalue weighted by atomic mass is 10.2. The Kier molecular flexibility index (Phi) is 3.55. The fourth-order valence-corrected chi connectivity index (χ4v) is 3.38. The zero-order valence-electron chi connectivity index (χ0n) is 10.2. The van der Waals surface area contributed by atoms with E-state index in [-0.39, 0.29) is 0 Å². The number of anilines is 2. The average molecular weight is 307 g/mol. The summed E-state index contributed by atoms with van der Waals surface area (Å²) in [6.45, 7) is 2.00. The number of halogens is 1. The molecule has 3 rings (SSSR count). The second-order valence-corrected chi connectivity index (χ2v) is 6.27. The van der Waals surface area contributed by atoms with Crippen LogP contribution in [0.4, 0.5) is 10.8 Å². The predicted molar refractivity (Wildman–Crippen MR) is 84.9 cm³/mol. The molecule has 2 heterocycles. The van der Waals surface area contributed by atoms with Crippen molar-refractivity contribution >= 4 is 45.1 Å². The van der Waals surface area contributed by atoms with Crippen molar-refractivity contribution in [1.82, 2.24) is 4.98 Å². The summed E-state index contributed by atoms with van der Waals surface area (Å²) in [5.41, 5.74) is 3.05. The van der Waals surface area contributed by atoms with Gasteiger partial charge in [-0.25, -0.2) is 4.98 Å². The number of thiazole rings is 1. The smallest absolute Gasteiger partial charge is 0.187 e. The Balaban J connectivity index is 1.86. The van der Waals surface area contributed by atoms with Crippen molar-refractivity contribution in [2.45, 2.75) is 6.92 Å². The van der Waals surface area contributed by atoms with Gasteiger partial charge in [0.05, 0.1) is 10.6 Å². The van der Waals surface area contributed by atoms with E-state index in [1.807, 2.05) is 31.2 Å². The van der Waals surface area contributed by atoms with Crippen LogP contribution in [-0.2, 0) is 0 Å². The van der Waals surface area contributed by atoms with Gasteiger partial charge in [-0.1, -0.05) is 23.7 Å². The zero-order valence-corrected chi connectivity index (χ0v) is 12.6. The van der Waals surface area contributed by atoms with Gasteiger partial charge >= 0.3 is 0 Å². The van der Waals surface area contributed by atoms with E-state index in [1.165, 1.54) is 4.88 Å². The van der Waals surface area contributed by atoms with Crippen LogP contribution in [0.1, 0.15) is 5.56 Å². The topological polar surface area (TPSA) is 24.9 Å². The second kappa shape index (κ2) is 5.33. The van der Waals surface area contributed by atoms with Crippen LogP contribution in [0.5, 0.6) is 0 Å². The highest BCUT2D eigenvalue weighted by Gasteiger charge is 2.07. The minimum absolute atomic E-state index is 0.764. The number of rotatable bonds is 3. The van der Waals surface area contributed by atoms with Gasteiger partial charge < -0.3 is 5.32 Å². The van der Waals surface area contributed by atoms with Gasteiger partial charge in [-0.15, -0.1) is 22.7 Å². The van der Waals surface area contributed by atoms with Crippen molar-refractivity contribution in [3.63, 3.8) is 0 Å². The van der Waals surface area contributed by atoms with Crippen LogP contribution in [-0.4, -0.2) is 4.98 Å². The van der Waals surface area contributed by atoms with Gasteiger partial charge in [0.1, 0.15) is 0 Å². The van der Waals surface area contributed by atoms with E-state index in [4.69, 9.17) is 11.6 Å². The Labute approximate surface area is 124 Å². The minimum atomic E-state index is 0.764. The molecule has 0 atom stereocenters. The second-order valence-electron chi connectivity index (χ2n) is 4.05. The van der Waals surface area contributed by atoms with Crippen LogP contribution in [0, 0.1) is 6.92 Å². The Morgan fingerprint density at radius 1 is 1.16 bits per heavy atom. The third-order valence-corrected chi connectivity index (χ3v) is 4.85. The van der Waals surface area contributed by atoms with E-state index in [2.05, 4.69) is 27.1 Å². The van der Waals surface area contributed by atoms with Crippen molar-refractivity contribution in [2.75, 3.05) is 5.32 Å². The van der Waals surface area contributed by atoms with E-state index < -0.39 is 0 Å². The molecule has 0 amide bonds. The van der Waals surface area contributed by atoms with Crippen LogP contribution in [0.2, 0.25) is 5.02 Å². The molecule has 0 aliphatic heterocycles. The molecule has 0 aliphatic carbocycles. The van der Waals surface area contributed by atoms with Gasteiger partial charge in [-0.05, 0) is 36.1 Å². The molecule has 0 saturated carbocycles. The number of benzene rings is 1. The maximum Gasteiger partial charge on any atom is 0.187 e. The summed E-state index contributed by atoms with van der Waals surface area (Å²) in [6, 6.07) is 9.95. The summed E-state index contributed by atoms with van der Waals surface area (Å²) in [5, 5.41) is 9.09. The van der Waals surface area contributed by atoms with E-state index in [1.54, 1.807) is 22.7 Å². The molecule has 1 N–H and O–H groups in total. The van der Waals surface area contributed by atoms with E-state index in [0.29, 0.717) is 0 Å². The van der Waals surface area contributed by atoms with Gasteiger partial charge in [0.2, 0.25) is 0 Å². The molecule has 96 valence electrons. The zero-order chi connectivity index (χ0) is 13.2. The summed E-state index contributed by atoms with van der Waals surface area (Å²) in [6.07, 6.45) is 0. The lowest BCUT2D eigenvalue weighted by molar-refractivity contribution is 1.37. The first-order valence-electron chi connectivity index (χ1n) is 5.75. The van der Waals surface area contributed by atoms with E-state index >= 15 is 0 Å². The number of nitrogens with zero attached hydrogens (tertiary/aromatic N) is 1. The molecule has 0 aliphatic rings. The first-order valence-corrected chi connectivity index (χ1v) is 7.89.